The van der Waals surface area contributed by atoms with E-state index in [0.29, 0.717) is 23.8 Å². The first-order valence-electron chi connectivity index (χ1n) is 8.37. The number of benzene rings is 1. The summed E-state index contributed by atoms with van der Waals surface area (Å²) < 4.78 is 10.1. The lowest BCUT2D eigenvalue weighted by Gasteiger charge is -2.34. The number of methoxy groups -OCH3 is 1. The topological polar surface area (TPSA) is 91.2 Å². The third-order valence-corrected chi connectivity index (χ3v) is 4.91. The van der Waals surface area contributed by atoms with Crippen molar-refractivity contribution in [1.29, 1.82) is 0 Å². The number of carbonyl (C=O) groups is 1. The highest BCUT2D eigenvalue weighted by Gasteiger charge is 2.33. The molecule has 1 aromatic carbocycles. The van der Waals surface area contributed by atoms with Crippen molar-refractivity contribution in [2.45, 2.75) is 38.5 Å². The summed E-state index contributed by atoms with van der Waals surface area (Å²) in [5, 5.41) is 4.07. The number of hydrogen-bond donors (Lipinski definition) is 1. The molecule has 2 N–H and O–H groups in total. The highest BCUT2D eigenvalue weighted by atomic mass is 35.5. The number of aromatic nitrogens is 2. The zero-order chi connectivity index (χ0) is 17.0. The van der Waals surface area contributed by atoms with Crippen molar-refractivity contribution in [2.75, 3.05) is 13.7 Å². The quantitative estimate of drug-likeness (QED) is 0.816. The Bertz CT molecular complexity index is 694. The maximum Gasteiger partial charge on any atom is 0.337 e. The Morgan fingerprint density at radius 2 is 1.92 bits per heavy atom. The minimum atomic E-state index is -0.363. The smallest absolute Gasteiger partial charge is 0.337 e. The van der Waals surface area contributed by atoms with Gasteiger partial charge in [0.1, 0.15) is 0 Å². The molecule has 2 aromatic rings. The molecule has 1 aromatic heterocycles. The van der Waals surface area contributed by atoms with E-state index in [-0.39, 0.29) is 23.8 Å². The predicted molar refractivity (Wildman–Crippen MR) is 96.6 cm³/mol. The van der Waals surface area contributed by atoms with Gasteiger partial charge in [-0.3, -0.25) is 0 Å². The fraction of sp³-hybridized carbons (Fsp3) is 0.500. The van der Waals surface area contributed by atoms with E-state index in [4.69, 9.17) is 15.0 Å². The van der Waals surface area contributed by atoms with E-state index < -0.39 is 0 Å². The van der Waals surface area contributed by atoms with E-state index >= 15 is 0 Å². The summed E-state index contributed by atoms with van der Waals surface area (Å²) in [4.78, 5) is 16.0. The van der Waals surface area contributed by atoms with Crippen LogP contribution in [0.5, 0.6) is 0 Å². The van der Waals surface area contributed by atoms with Gasteiger partial charge < -0.3 is 15.0 Å². The van der Waals surface area contributed by atoms with Gasteiger partial charge in [-0.05, 0) is 36.9 Å². The van der Waals surface area contributed by atoms with Crippen LogP contribution in [0.1, 0.15) is 48.4 Å². The molecule has 1 aliphatic carbocycles. The molecular formula is C18H24ClN3O3. The Hall–Kier alpha value is -1.92. The first-order valence-corrected chi connectivity index (χ1v) is 8.37. The summed E-state index contributed by atoms with van der Waals surface area (Å²) in [5.41, 5.74) is 7.43. The lowest BCUT2D eigenvalue weighted by Crippen LogP contribution is -2.35. The average molecular weight is 366 g/mol. The van der Waals surface area contributed by atoms with E-state index in [9.17, 15) is 4.79 Å². The molecule has 0 spiro atoms. The van der Waals surface area contributed by atoms with Crippen molar-refractivity contribution in [3.05, 3.63) is 35.7 Å². The SMILES string of the molecule is COC(=O)c1ccc(-c2noc(CC3(CN)CCCCC3)n2)cc1.Cl. The lowest BCUT2D eigenvalue weighted by atomic mass is 9.72. The number of nitrogens with two attached hydrogens (primary N) is 1. The monoisotopic (exact) mass is 365 g/mol. The van der Waals surface area contributed by atoms with Crippen molar-refractivity contribution in [3.8, 4) is 11.4 Å². The minimum Gasteiger partial charge on any atom is -0.465 e. The standard InChI is InChI=1S/C18H23N3O3.ClH/c1-23-17(22)14-7-5-13(6-8-14)16-20-15(24-21-16)11-18(12-19)9-3-2-4-10-18;/h5-8H,2-4,9-12,19H2,1H3;1H. The molecule has 136 valence electrons. The molecule has 0 saturated heterocycles. The minimum absolute atomic E-state index is 0. The Morgan fingerprint density at radius 3 is 2.52 bits per heavy atom. The molecule has 0 amide bonds. The van der Waals surface area contributed by atoms with Gasteiger partial charge in [0.05, 0.1) is 12.7 Å². The van der Waals surface area contributed by atoms with Crippen LogP contribution in [-0.2, 0) is 11.2 Å². The van der Waals surface area contributed by atoms with Crippen LogP contribution in [0.3, 0.4) is 0 Å². The number of carbonyl (C=O) groups excluding carboxylic acids is 1. The summed E-state index contributed by atoms with van der Waals surface area (Å²) in [5.74, 6) is 0.802. The van der Waals surface area contributed by atoms with Crippen LogP contribution in [-0.4, -0.2) is 29.8 Å². The highest BCUT2D eigenvalue weighted by molar-refractivity contribution is 5.89. The van der Waals surface area contributed by atoms with Crippen molar-refractivity contribution in [2.24, 2.45) is 11.1 Å². The molecule has 6 nitrogen and oxygen atoms in total. The molecule has 1 aliphatic rings. The van der Waals surface area contributed by atoms with Gasteiger partial charge in [0.15, 0.2) is 0 Å². The normalized spacial score (nSPS) is 16.1. The Labute approximate surface area is 153 Å². The van der Waals surface area contributed by atoms with Gasteiger partial charge in [-0.15, -0.1) is 12.4 Å². The van der Waals surface area contributed by atoms with E-state index in [2.05, 4.69) is 10.1 Å². The summed E-state index contributed by atoms with van der Waals surface area (Å²) in [6.07, 6.45) is 6.69. The van der Waals surface area contributed by atoms with Gasteiger partial charge in [0.25, 0.3) is 0 Å². The Balaban J connectivity index is 0.00000225. The summed E-state index contributed by atoms with van der Waals surface area (Å²) >= 11 is 0. The molecule has 7 heteroatoms. The summed E-state index contributed by atoms with van der Waals surface area (Å²) in [6, 6.07) is 6.97. The van der Waals surface area contributed by atoms with Crippen molar-refractivity contribution >= 4 is 18.4 Å². The molecule has 1 heterocycles. The van der Waals surface area contributed by atoms with E-state index in [0.717, 1.165) is 24.8 Å². The molecule has 3 rings (SSSR count). The van der Waals surface area contributed by atoms with Crippen LogP contribution in [0.15, 0.2) is 28.8 Å². The molecular weight excluding hydrogens is 342 g/mol. The molecule has 0 bridgehead atoms. The molecule has 0 aliphatic heterocycles. The second kappa shape index (κ2) is 8.45. The molecule has 1 saturated carbocycles. The largest absolute Gasteiger partial charge is 0.465 e. The van der Waals surface area contributed by atoms with Crippen LogP contribution in [0, 0.1) is 5.41 Å². The van der Waals surface area contributed by atoms with Gasteiger partial charge in [-0.2, -0.15) is 4.98 Å². The van der Waals surface area contributed by atoms with Crippen LogP contribution in [0.2, 0.25) is 0 Å². The second-order valence-electron chi connectivity index (χ2n) is 6.52. The lowest BCUT2D eigenvalue weighted by molar-refractivity contribution is 0.0600. The summed E-state index contributed by atoms with van der Waals surface area (Å²) in [6.45, 7) is 0.651. The molecule has 25 heavy (non-hydrogen) atoms. The molecule has 0 atom stereocenters. The van der Waals surface area contributed by atoms with Crippen LogP contribution < -0.4 is 5.73 Å². The number of halogens is 1. The predicted octanol–water partition coefficient (Wildman–Crippen LogP) is 3.40. The van der Waals surface area contributed by atoms with Gasteiger partial charge >= 0.3 is 5.97 Å². The Kier molecular flexibility index (Phi) is 6.56. The number of nitrogens with zero attached hydrogens (tertiary/aromatic N) is 2. The van der Waals surface area contributed by atoms with Gasteiger partial charge in [-0.25, -0.2) is 4.79 Å². The zero-order valence-corrected chi connectivity index (χ0v) is 15.2. The molecule has 0 radical (unpaired) electrons. The molecule has 1 fully saturated rings. The third kappa shape index (κ3) is 4.38. The Morgan fingerprint density at radius 1 is 1.24 bits per heavy atom. The van der Waals surface area contributed by atoms with E-state index in [1.54, 1.807) is 24.3 Å². The van der Waals surface area contributed by atoms with E-state index in [1.807, 2.05) is 0 Å². The first kappa shape index (κ1) is 19.4. The molecule has 0 unspecified atom stereocenters. The number of ether oxygens (including phenoxy) is 1. The average Bonchev–Trinajstić information content (AvgIpc) is 3.10. The fourth-order valence-electron chi connectivity index (χ4n) is 3.39. The highest BCUT2D eigenvalue weighted by Crippen LogP contribution is 2.38. The zero-order valence-electron chi connectivity index (χ0n) is 14.4. The van der Waals surface area contributed by atoms with Crippen LogP contribution >= 0.6 is 12.4 Å². The van der Waals surface area contributed by atoms with Crippen LogP contribution in [0.4, 0.5) is 0 Å². The third-order valence-electron chi connectivity index (χ3n) is 4.91. The number of rotatable bonds is 5. The summed E-state index contributed by atoms with van der Waals surface area (Å²) in [7, 11) is 1.36. The number of esters is 1. The maximum absolute atomic E-state index is 11.5. The fourth-order valence-corrected chi connectivity index (χ4v) is 3.39. The van der Waals surface area contributed by atoms with Crippen molar-refractivity contribution in [1.82, 2.24) is 10.1 Å². The maximum atomic E-state index is 11.5. The van der Waals surface area contributed by atoms with Crippen molar-refractivity contribution in [3.63, 3.8) is 0 Å². The van der Waals surface area contributed by atoms with Crippen molar-refractivity contribution < 1.29 is 14.1 Å². The van der Waals surface area contributed by atoms with E-state index in [1.165, 1.54) is 26.4 Å². The van der Waals surface area contributed by atoms with Gasteiger partial charge in [-0.1, -0.05) is 36.6 Å². The second-order valence-corrected chi connectivity index (χ2v) is 6.52. The first-order chi connectivity index (χ1) is 11.7. The van der Waals surface area contributed by atoms with Crippen LogP contribution in [0.25, 0.3) is 11.4 Å². The number of hydrogen-bond acceptors (Lipinski definition) is 6. The van der Waals surface area contributed by atoms with Gasteiger partial charge in [0.2, 0.25) is 11.7 Å². The van der Waals surface area contributed by atoms with Gasteiger partial charge in [0, 0.05) is 12.0 Å².